The van der Waals surface area contributed by atoms with Crippen molar-refractivity contribution in [1.29, 1.82) is 0 Å². The summed E-state index contributed by atoms with van der Waals surface area (Å²) in [6.45, 7) is 11.5. The number of halogens is 1. The number of esters is 1. The SMILES string of the molecule is CCOC(=O)c1cnc(Cl)nc1NCCC(C)(C)NC(=O)OC(C)(C)C. The number of hydrogen-bond donors (Lipinski definition) is 2. The minimum atomic E-state index is -0.565. The molecule has 26 heavy (non-hydrogen) atoms. The molecule has 9 heteroatoms. The Morgan fingerprint density at radius 1 is 1.23 bits per heavy atom. The molecular weight excluding hydrogens is 360 g/mol. The van der Waals surface area contributed by atoms with Crippen molar-refractivity contribution in [2.45, 2.75) is 59.1 Å². The van der Waals surface area contributed by atoms with Gasteiger partial charge in [0.05, 0.1) is 6.61 Å². The van der Waals surface area contributed by atoms with Crippen LogP contribution < -0.4 is 10.6 Å². The summed E-state index contributed by atoms with van der Waals surface area (Å²) in [7, 11) is 0. The summed E-state index contributed by atoms with van der Waals surface area (Å²) in [5, 5.41) is 5.88. The molecule has 0 unspecified atom stereocenters. The largest absolute Gasteiger partial charge is 0.462 e. The van der Waals surface area contributed by atoms with Crippen LogP contribution in [0.5, 0.6) is 0 Å². The van der Waals surface area contributed by atoms with E-state index < -0.39 is 23.2 Å². The number of ether oxygens (including phenoxy) is 2. The molecular formula is C17H27ClN4O4. The summed E-state index contributed by atoms with van der Waals surface area (Å²) in [6, 6.07) is 0. The van der Waals surface area contributed by atoms with Gasteiger partial charge in [-0.05, 0) is 59.6 Å². The number of nitrogens with one attached hydrogen (secondary N) is 2. The molecule has 0 fully saturated rings. The van der Waals surface area contributed by atoms with Crippen molar-refractivity contribution < 1.29 is 19.1 Å². The summed E-state index contributed by atoms with van der Waals surface area (Å²) in [5.74, 6) is -0.241. The smallest absolute Gasteiger partial charge is 0.408 e. The normalized spacial score (nSPS) is 11.7. The predicted octanol–water partition coefficient (Wildman–Crippen LogP) is 3.41. The van der Waals surface area contributed by atoms with E-state index in [1.54, 1.807) is 27.7 Å². The Hall–Kier alpha value is -2.09. The molecule has 0 saturated heterocycles. The van der Waals surface area contributed by atoms with Gasteiger partial charge < -0.3 is 20.1 Å². The van der Waals surface area contributed by atoms with Gasteiger partial charge in [-0.15, -0.1) is 0 Å². The number of amides is 1. The monoisotopic (exact) mass is 386 g/mol. The number of alkyl carbamates (subject to hydrolysis) is 1. The van der Waals surface area contributed by atoms with Gasteiger partial charge in [0.15, 0.2) is 0 Å². The molecule has 1 aromatic rings. The van der Waals surface area contributed by atoms with Crippen LogP contribution in [0.15, 0.2) is 6.20 Å². The van der Waals surface area contributed by atoms with Crippen molar-refractivity contribution in [3.63, 3.8) is 0 Å². The lowest BCUT2D eigenvalue weighted by Crippen LogP contribution is -2.46. The number of carbonyl (C=O) groups is 2. The maximum absolute atomic E-state index is 12.0. The van der Waals surface area contributed by atoms with Crippen molar-refractivity contribution in [1.82, 2.24) is 15.3 Å². The third kappa shape index (κ3) is 7.86. The number of nitrogens with zero attached hydrogens (tertiary/aromatic N) is 2. The highest BCUT2D eigenvalue weighted by molar-refractivity contribution is 6.28. The third-order valence-corrected chi connectivity index (χ3v) is 3.32. The molecule has 1 aromatic heterocycles. The van der Waals surface area contributed by atoms with Crippen LogP contribution in [0.3, 0.4) is 0 Å². The summed E-state index contributed by atoms with van der Waals surface area (Å²) < 4.78 is 10.2. The zero-order chi connectivity index (χ0) is 20.0. The van der Waals surface area contributed by atoms with Gasteiger partial charge in [0.25, 0.3) is 0 Å². The Kier molecular flexibility index (Phi) is 7.62. The van der Waals surface area contributed by atoms with E-state index in [0.29, 0.717) is 13.0 Å². The van der Waals surface area contributed by atoms with Crippen LogP contribution >= 0.6 is 11.6 Å². The van der Waals surface area contributed by atoms with Crippen LogP contribution in [-0.2, 0) is 9.47 Å². The van der Waals surface area contributed by atoms with Crippen molar-refractivity contribution in [3.8, 4) is 0 Å². The molecule has 0 aliphatic rings. The summed E-state index contributed by atoms with van der Waals surface area (Å²) in [6.07, 6.45) is 1.38. The van der Waals surface area contributed by atoms with E-state index in [2.05, 4.69) is 20.6 Å². The lowest BCUT2D eigenvalue weighted by atomic mass is 10.0. The van der Waals surface area contributed by atoms with E-state index >= 15 is 0 Å². The van der Waals surface area contributed by atoms with Crippen molar-refractivity contribution in [2.75, 3.05) is 18.5 Å². The Balaban J connectivity index is 2.67. The quantitative estimate of drug-likeness (QED) is 0.546. The van der Waals surface area contributed by atoms with Gasteiger partial charge in [0.1, 0.15) is 17.0 Å². The van der Waals surface area contributed by atoms with Gasteiger partial charge in [-0.1, -0.05) is 0 Å². The summed E-state index contributed by atoms with van der Waals surface area (Å²) in [5.41, 5.74) is -0.893. The number of hydrogen-bond acceptors (Lipinski definition) is 7. The van der Waals surface area contributed by atoms with E-state index in [1.165, 1.54) is 6.20 Å². The second-order valence-corrected chi connectivity index (χ2v) is 7.65. The van der Waals surface area contributed by atoms with Gasteiger partial charge >= 0.3 is 12.1 Å². The molecule has 1 rings (SSSR count). The average Bonchev–Trinajstić information content (AvgIpc) is 2.44. The Bertz CT molecular complexity index is 644. The second kappa shape index (κ2) is 9.02. The first-order valence-corrected chi connectivity index (χ1v) is 8.76. The van der Waals surface area contributed by atoms with Crippen LogP contribution in [-0.4, -0.2) is 46.3 Å². The molecule has 0 bridgehead atoms. The molecule has 0 atom stereocenters. The van der Waals surface area contributed by atoms with Crippen LogP contribution in [0.25, 0.3) is 0 Å². The van der Waals surface area contributed by atoms with E-state index in [1.807, 2.05) is 13.8 Å². The maximum atomic E-state index is 12.0. The van der Waals surface area contributed by atoms with Crippen molar-refractivity contribution in [2.24, 2.45) is 0 Å². The highest BCUT2D eigenvalue weighted by atomic mass is 35.5. The molecule has 0 aliphatic carbocycles. The molecule has 0 aliphatic heterocycles. The molecule has 2 N–H and O–H groups in total. The van der Waals surface area contributed by atoms with Crippen LogP contribution in [0.4, 0.5) is 10.6 Å². The first-order chi connectivity index (χ1) is 11.9. The van der Waals surface area contributed by atoms with E-state index in [0.717, 1.165) is 0 Å². The van der Waals surface area contributed by atoms with Gasteiger partial charge in [0.2, 0.25) is 5.28 Å². The molecule has 0 aromatic carbocycles. The number of rotatable bonds is 7. The minimum absolute atomic E-state index is 0.0201. The zero-order valence-electron chi connectivity index (χ0n) is 16.1. The first kappa shape index (κ1) is 22.0. The Morgan fingerprint density at radius 3 is 2.46 bits per heavy atom. The summed E-state index contributed by atoms with van der Waals surface area (Å²) in [4.78, 5) is 31.7. The fraction of sp³-hybridized carbons (Fsp3) is 0.647. The Labute approximate surface area is 159 Å². The highest BCUT2D eigenvalue weighted by Gasteiger charge is 2.24. The number of aromatic nitrogens is 2. The van der Waals surface area contributed by atoms with Crippen molar-refractivity contribution >= 4 is 29.5 Å². The molecule has 0 saturated carbocycles. The van der Waals surface area contributed by atoms with Crippen LogP contribution in [0.1, 0.15) is 58.3 Å². The second-order valence-electron chi connectivity index (χ2n) is 7.31. The molecule has 8 nitrogen and oxygen atoms in total. The van der Waals surface area contributed by atoms with Gasteiger partial charge in [0, 0.05) is 18.3 Å². The fourth-order valence-corrected chi connectivity index (χ4v) is 2.12. The zero-order valence-corrected chi connectivity index (χ0v) is 16.9. The lowest BCUT2D eigenvalue weighted by molar-refractivity contribution is 0.0468. The lowest BCUT2D eigenvalue weighted by Gasteiger charge is -2.28. The van der Waals surface area contributed by atoms with Crippen LogP contribution in [0.2, 0.25) is 5.28 Å². The summed E-state index contributed by atoms with van der Waals surface area (Å²) >= 11 is 5.81. The van der Waals surface area contributed by atoms with Crippen LogP contribution in [0, 0.1) is 0 Å². The number of anilines is 1. The molecule has 1 heterocycles. The highest BCUT2D eigenvalue weighted by Crippen LogP contribution is 2.17. The topological polar surface area (TPSA) is 102 Å². The third-order valence-electron chi connectivity index (χ3n) is 3.14. The van der Waals surface area contributed by atoms with Gasteiger partial charge in [-0.25, -0.2) is 14.6 Å². The van der Waals surface area contributed by atoms with E-state index in [-0.39, 0.29) is 23.3 Å². The molecule has 146 valence electrons. The van der Waals surface area contributed by atoms with E-state index in [4.69, 9.17) is 21.1 Å². The Morgan fingerprint density at radius 2 is 1.88 bits per heavy atom. The maximum Gasteiger partial charge on any atom is 0.408 e. The standard InChI is InChI=1S/C17H27ClN4O4/c1-7-25-13(23)11-10-20-14(18)21-12(11)19-9-8-17(5,6)22-15(24)26-16(2,3)4/h10H,7-9H2,1-6H3,(H,22,24)(H,19,20,21). The first-order valence-electron chi connectivity index (χ1n) is 8.38. The molecule has 1 amide bonds. The van der Waals surface area contributed by atoms with Gasteiger partial charge in [-0.3, -0.25) is 0 Å². The fourth-order valence-electron chi connectivity index (χ4n) is 1.99. The average molecular weight is 387 g/mol. The van der Waals surface area contributed by atoms with E-state index in [9.17, 15) is 9.59 Å². The molecule has 0 radical (unpaired) electrons. The number of carbonyl (C=O) groups excluding carboxylic acids is 2. The van der Waals surface area contributed by atoms with Gasteiger partial charge in [-0.2, -0.15) is 4.98 Å². The predicted molar refractivity (Wildman–Crippen MR) is 99.6 cm³/mol. The van der Waals surface area contributed by atoms with Crippen molar-refractivity contribution in [3.05, 3.63) is 17.0 Å². The molecule has 0 spiro atoms. The minimum Gasteiger partial charge on any atom is -0.462 e.